The van der Waals surface area contributed by atoms with Crippen LogP contribution in [0.4, 0.5) is 5.69 Å². The molecule has 0 aliphatic heterocycles. The lowest BCUT2D eigenvalue weighted by Gasteiger charge is -2.11. The maximum Gasteiger partial charge on any atom is 0.297 e. The van der Waals surface area contributed by atoms with Gasteiger partial charge < -0.3 is 9.73 Å². The van der Waals surface area contributed by atoms with E-state index < -0.39 is 5.56 Å². The quantitative estimate of drug-likeness (QED) is 0.508. The van der Waals surface area contributed by atoms with Gasteiger partial charge in [0.2, 0.25) is 11.5 Å². The number of hydrogen-bond donors (Lipinski definition) is 1. The number of hydrogen-bond acceptors (Lipinski definition) is 6. The standard InChI is InChI=1S/C20H14N6O3/c27-17(24-14-6-2-3-7-15(14)26-11-21-10-23-26)9-25-12-22-18-13-5-1-4-8-16(13)29-19(18)20(25)28/h1-8,10-12H,9H2,(H,24,27). The molecule has 0 unspecified atom stereocenters. The summed E-state index contributed by atoms with van der Waals surface area (Å²) in [5.41, 5.74) is 2.00. The van der Waals surface area contributed by atoms with Crippen LogP contribution in [0.1, 0.15) is 0 Å². The summed E-state index contributed by atoms with van der Waals surface area (Å²) < 4.78 is 8.41. The summed E-state index contributed by atoms with van der Waals surface area (Å²) in [7, 11) is 0. The Balaban J connectivity index is 1.45. The van der Waals surface area contributed by atoms with Gasteiger partial charge in [0, 0.05) is 5.39 Å². The van der Waals surface area contributed by atoms with Gasteiger partial charge in [-0.3, -0.25) is 14.2 Å². The molecule has 3 aromatic heterocycles. The lowest BCUT2D eigenvalue weighted by atomic mass is 10.2. The minimum Gasteiger partial charge on any atom is -0.448 e. The van der Waals surface area contributed by atoms with Crippen LogP contribution in [0.5, 0.6) is 0 Å². The number of amides is 1. The van der Waals surface area contributed by atoms with E-state index in [1.54, 1.807) is 28.9 Å². The third-order valence-electron chi connectivity index (χ3n) is 4.51. The second-order valence-electron chi connectivity index (χ2n) is 6.36. The Morgan fingerprint density at radius 3 is 2.76 bits per heavy atom. The third kappa shape index (κ3) is 2.94. The molecule has 0 saturated carbocycles. The van der Waals surface area contributed by atoms with Gasteiger partial charge in [0.25, 0.3) is 5.56 Å². The molecule has 1 N–H and O–H groups in total. The van der Waals surface area contributed by atoms with Crippen molar-refractivity contribution < 1.29 is 9.21 Å². The molecular formula is C20H14N6O3. The lowest BCUT2D eigenvalue weighted by Crippen LogP contribution is -2.28. The topological polar surface area (TPSA) is 108 Å². The van der Waals surface area contributed by atoms with Crippen LogP contribution in [0.15, 0.2) is 76.7 Å². The van der Waals surface area contributed by atoms with Crippen LogP contribution in [0.2, 0.25) is 0 Å². The fraction of sp³-hybridized carbons (Fsp3) is 0.0500. The fourth-order valence-corrected chi connectivity index (χ4v) is 3.18. The van der Waals surface area contributed by atoms with E-state index in [0.717, 1.165) is 5.39 Å². The average Bonchev–Trinajstić information content (AvgIpc) is 3.39. The van der Waals surface area contributed by atoms with Gasteiger partial charge in [-0.2, -0.15) is 5.10 Å². The normalized spacial score (nSPS) is 11.2. The summed E-state index contributed by atoms with van der Waals surface area (Å²) in [6, 6.07) is 14.5. The van der Waals surface area contributed by atoms with Crippen LogP contribution >= 0.6 is 0 Å². The van der Waals surface area contributed by atoms with Crippen LogP contribution < -0.4 is 10.9 Å². The minimum atomic E-state index is -0.411. The van der Waals surface area contributed by atoms with E-state index in [2.05, 4.69) is 20.4 Å². The molecule has 0 spiro atoms. The molecule has 5 aromatic rings. The van der Waals surface area contributed by atoms with Crippen molar-refractivity contribution in [3.05, 3.63) is 77.9 Å². The van der Waals surface area contributed by atoms with Crippen molar-refractivity contribution in [3.8, 4) is 5.69 Å². The van der Waals surface area contributed by atoms with Gasteiger partial charge in [-0.05, 0) is 24.3 Å². The van der Waals surface area contributed by atoms with Crippen molar-refractivity contribution in [2.45, 2.75) is 6.54 Å². The monoisotopic (exact) mass is 386 g/mol. The van der Waals surface area contributed by atoms with E-state index in [9.17, 15) is 9.59 Å². The maximum absolute atomic E-state index is 12.8. The average molecular weight is 386 g/mol. The van der Waals surface area contributed by atoms with Gasteiger partial charge in [-0.25, -0.2) is 14.6 Å². The summed E-state index contributed by atoms with van der Waals surface area (Å²) in [6.07, 6.45) is 4.30. The number of nitrogens with zero attached hydrogens (tertiary/aromatic N) is 5. The van der Waals surface area contributed by atoms with E-state index in [4.69, 9.17) is 4.42 Å². The largest absolute Gasteiger partial charge is 0.448 e. The predicted molar refractivity (Wildman–Crippen MR) is 106 cm³/mol. The molecule has 0 bridgehead atoms. The molecule has 0 aliphatic rings. The van der Waals surface area contributed by atoms with E-state index in [1.165, 1.54) is 23.5 Å². The third-order valence-corrected chi connectivity index (χ3v) is 4.51. The predicted octanol–water partition coefficient (Wildman–Crippen LogP) is 2.36. The Morgan fingerprint density at radius 1 is 1.07 bits per heavy atom. The van der Waals surface area contributed by atoms with Crippen LogP contribution in [0.3, 0.4) is 0 Å². The highest BCUT2D eigenvalue weighted by Gasteiger charge is 2.15. The Labute approximate surface area is 163 Å². The van der Waals surface area contributed by atoms with Crippen LogP contribution in [0, 0.1) is 0 Å². The second kappa shape index (κ2) is 6.71. The Bertz CT molecular complexity index is 1400. The first kappa shape index (κ1) is 16.9. The summed E-state index contributed by atoms with van der Waals surface area (Å²) in [6.45, 7) is -0.204. The molecule has 3 heterocycles. The van der Waals surface area contributed by atoms with Crippen LogP contribution in [0.25, 0.3) is 27.8 Å². The molecular weight excluding hydrogens is 372 g/mol. The summed E-state index contributed by atoms with van der Waals surface area (Å²) in [5, 5.41) is 7.65. The number of rotatable bonds is 4. The number of nitrogens with one attached hydrogen (secondary N) is 1. The molecule has 5 rings (SSSR count). The molecule has 9 heteroatoms. The first-order valence-electron chi connectivity index (χ1n) is 8.81. The molecule has 1 amide bonds. The zero-order valence-corrected chi connectivity index (χ0v) is 15.0. The number of furan rings is 1. The number of fused-ring (bicyclic) bond motifs is 3. The van der Waals surface area contributed by atoms with Gasteiger partial charge in [0.05, 0.1) is 17.7 Å². The Morgan fingerprint density at radius 2 is 1.90 bits per heavy atom. The molecule has 0 aliphatic carbocycles. The van der Waals surface area contributed by atoms with E-state index in [0.29, 0.717) is 22.5 Å². The highest BCUT2D eigenvalue weighted by molar-refractivity contribution is 6.01. The van der Waals surface area contributed by atoms with Crippen LogP contribution in [-0.2, 0) is 11.3 Å². The van der Waals surface area contributed by atoms with Gasteiger partial charge >= 0.3 is 0 Å². The molecule has 9 nitrogen and oxygen atoms in total. The number of carbonyl (C=O) groups is 1. The number of benzene rings is 2. The molecule has 0 atom stereocenters. The molecule has 0 fully saturated rings. The summed E-state index contributed by atoms with van der Waals surface area (Å²) >= 11 is 0. The van der Waals surface area contributed by atoms with Crippen molar-refractivity contribution >= 4 is 33.7 Å². The number of carbonyl (C=O) groups excluding carboxylic acids is 1. The van der Waals surface area contributed by atoms with Crippen molar-refractivity contribution in [2.24, 2.45) is 0 Å². The molecule has 2 aromatic carbocycles. The van der Waals surface area contributed by atoms with Gasteiger partial charge in [0.15, 0.2) is 0 Å². The first-order chi connectivity index (χ1) is 14.2. The van der Waals surface area contributed by atoms with Gasteiger partial charge in [0.1, 0.15) is 30.3 Å². The van der Waals surface area contributed by atoms with Crippen molar-refractivity contribution in [1.29, 1.82) is 0 Å². The Hall–Kier alpha value is -4.27. The smallest absolute Gasteiger partial charge is 0.297 e. The van der Waals surface area contributed by atoms with Gasteiger partial charge in [-0.15, -0.1) is 0 Å². The zero-order chi connectivity index (χ0) is 19.8. The molecule has 0 radical (unpaired) electrons. The van der Waals surface area contributed by atoms with E-state index in [-0.39, 0.29) is 18.0 Å². The highest BCUT2D eigenvalue weighted by Crippen LogP contribution is 2.24. The molecule has 142 valence electrons. The lowest BCUT2D eigenvalue weighted by molar-refractivity contribution is -0.116. The number of anilines is 1. The van der Waals surface area contributed by atoms with Crippen molar-refractivity contribution in [1.82, 2.24) is 24.3 Å². The SMILES string of the molecule is O=C(Cn1cnc2c(oc3ccccc32)c1=O)Nc1ccccc1-n1cncn1. The highest BCUT2D eigenvalue weighted by atomic mass is 16.3. The minimum absolute atomic E-state index is 0.129. The maximum atomic E-state index is 12.8. The number of para-hydroxylation sites is 3. The van der Waals surface area contributed by atoms with Gasteiger partial charge in [-0.1, -0.05) is 24.3 Å². The zero-order valence-electron chi connectivity index (χ0n) is 15.0. The fourth-order valence-electron chi connectivity index (χ4n) is 3.18. The summed E-state index contributed by atoms with van der Waals surface area (Å²) in [5.74, 6) is -0.378. The molecule has 0 saturated heterocycles. The van der Waals surface area contributed by atoms with E-state index in [1.807, 2.05) is 24.3 Å². The van der Waals surface area contributed by atoms with E-state index >= 15 is 0 Å². The van der Waals surface area contributed by atoms with Crippen molar-refractivity contribution in [2.75, 3.05) is 5.32 Å². The van der Waals surface area contributed by atoms with Crippen molar-refractivity contribution in [3.63, 3.8) is 0 Å². The summed E-state index contributed by atoms with van der Waals surface area (Å²) in [4.78, 5) is 33.6. The second-order valence-corrected chi connectivity index (χ2v) is 6.36. The number of aromatic nitrogens is 5. The Kier molecular flexibility index (Phi) is 3.91. The first-order valence-corrected chi connectivity index (χ1v) is 8.81. The van der Waals surface area contributed by atoms with Crippen LogP contribution in [-0.4, -0.2) is 30.2 Å². The molecule has 29 heavy (non-hydrogen) atoms.